The van der Waals surface area contributed by atoms with E-state index in [0.29, 0.717) is 25.1 Å². The van der Waals surface area contributed by atoms with E-state index in [9.17, 15) is 14.7 Å². The summed E-state index contributed by atoms with van der Waals surface area (Å²) in [6.07, 6.45) is 2.11. The number of nitrogens with one attached hydrogen (secondary N) is 2. The summed E-state index contributed by atoms with van der Waals surface area (Å²) in [5.41, 5.74) is 0.207. The van der Waals surface area contributed by atoms with Crippen molar-refractivity contribution < 1.29 is 33.8 Å². The van der Waals surface area contributed by atoms with Gasteiger partial charge >= 0.3 is 0 Å². The summed E-state index contributed by atoms with van der Waals surface area (Å²) in [7, 11) is 0. The Balaban J connectivity index is 0.00000101. The highest BCUT2D eigenvalue weighted by atomic mass is 16.5. The molecule has 3 atom stereocenters. The zero-order chi connectivity index (χ0) is 21.9. The van der Waals surface area contributed by atoms with Crippen LogP contribution in [0.15, 0.2) is 10.8 Å². The van der Waals surface area contributed by atoms with Gasteiger partial charge in [-0.3, -0.25) is 19.3 Å². The van der Waals surface area contributed by atoms with E-state index in [0.717, 1.165) is 39.3 Å². The number of morpholine rings is 1. The van der Waals surface area contributed by atoms with Crippen molar-refractivity contribution in [1.29, 1.82) is 0 Å². The van der Waals surface area contributed by atoms with E-state index in [4.69, 9.17) is 19.1 Å². The fourth-order valence-corrected chi connectivity index (χ4v) is 3.63. The number of hydrogen-bond donors (Lipinski definition) is 4. The number of aromatic nitrogens is 1. The average molecular weight is 426 g/mol. The largest absolute Gasteiger partial charge is 0.483 e. The van der Waals surface area contributed by atoms with Crippen molar-refractivity contribution >= 4 is 18.3 Å². The summed E-state index contributed by atoms with van der Waals surface area (Å²) in [5, 5.41) is 22.8. The maximum absolute atomic E-state index is 12.4. The molecule has 168 valence electrons. The van der Waals surface area contributed by atoms with Gasteiger partial charge in [0.15, 0.2) is 12.1 Å². The van der Waals surface area contributed by atoms with Gasteiger partial charge in [-0.1, -0.05) is 0 Å². The number of oxazole rings is 1. The minimum absolute atomic E-state index is 0.0645. The zero-order valence-electron chi connectivity index (χ0n) is 17.1. The first-order valence-corrected chi connectivity index (χ1v) is 10.0. The second-order valence-corrected chi connectivity index (χ2v) is 7.28. The van der Waals surface area contributed by atoms with Crippen molar-refractivity contribution in [2.24, 2.45) is 5.92 Å². The molecule has 30 heavy (non-hydrogen) atoms. The summed E-state index contributed by atoms with van der Waals surface area (Å²) in [4.78, 5) is 39.1. The molecule has 0 unspecified atom stereocenters. The molecule has 2 heterocycles. The summed E-state index contributed by atoms with van der Waals surface area (Å²) < 4.78 is 10.3. The van der Waals surface area contributed by atoms with E-state index < -0.39 is 18.1 Å². The number of aliphatic hydroxyl groups excluding tert-OH is 1. The smallest absolute Gasteiger partial charge is 0.290 e. The lowest BCUT2D eigenvalue weighted by molar-refractivity contribution is -0.125. The standard InChI is InChI=1S/C18H28N4O5.CH2O2/c1-12-16(20-11-27-12)18(25)21-14-9-13(10-15(14)23)17(24)19-3-2-4-22-5-7-26-8-6-22;2-1-3/h11,13-15,23H,2-10H2,1H3,(H,19,24)(H,21,25);1H,(H,2,3)/t13-,14-,15-;/m0./s1. The molecule has 1 aliphatic heterocycles. The third-order valence-electron chi connectivity index (χ3n) is 5.23. The van der Waals surface area contributed by atoms with Gasteiger partial charge in [-0.2, -0.15) is 0 Å². The summed E-state index contributed by atoms with van der Waals surface area (Å²) >= 11 is 0. The van der Waals surface area contributed by atoms with Crippen LogP contribution in [0.1, 0.15) is 35.5 Å². The average Bonchev–Trinajstić information content (AvgIpc) is 3.32. The molecule has 2 fully saturated rings. The van der Waals surface area contributed by atoms with Gasteiger partial charge in [-0.15, -0.1) is 0 Å². The molecule has 11 heteroatoms. The fourth-order valence-electron chi connectivity index (χ4n) is 3.63. The lowest BCUT2D eigenvalue weighted by atomic mass is 10.1. The van der Waals surface area contributed by atoms with Gasteiger partial charge in [-0.25, -0.2) is 4.98 Å². The Hall–Kier alpha value is -2.50. The van der Waals surface area contributed by atoms with Crippen LogP contribution in [0.3, 0.4) is 0 Å². The predicted molar refractivity (Wildman–Crippen MR) is 105 cm³/mol. The lowest BCUT2D eigenvalue weighted by Gasteiger charge is -2.26. The van der Waals surface area contributed by atoms with E-state index in [1.165, 1.54) is 6.39 Å². The van der Waals surface area contributed by atoms with Crippen LogP contribution in [0.25, 0.3) is 0 Å². The Labute approximate surface area is 174 Å². The molecular formula is C19H30N4O7. The Morgan fingerprint density at radius 1 is 1.33 bits per heavy atom. The van der Waals surface area contributed by atoms with Gasteiger partial charge in [0.1, 0.15) is 5.76 Å². The number of amides is 2. The number of carboxylic acid groups (broad SMARTS) is 1. The summed E-state index contributed by atoms with van der Waals surface area (Å²) in [6, 6.07) is -0.460. The SMILES string of the molecule is Cc1ocnc1C(=O)N[C@H]1C[C@H](C(=O)NCCCN2CCOCC2)C[C@@H]1O.O=CO. The van der Waals surface area contributed by atoms with Crippen molar-refractivity contribution in [1.82, 2.24) is 20.5 Å². The molecule has 1 aromatic rings. The molecule has 0 bridgehead atoms. The molecule has 1 aromatic heterocycles. The van der Waals surface area contributed by atoms with Crippen LogP contribution in [-0.4, -0.2) is 89.9 Å². The van der Waals surface area contributed by atoms with Crippen LogP contribution in [0, 0.1) is 12.8 Å². The fraction of sp³-hybridized carbons (Fsp3) is 0.684. The predicted octanol–water partition coefficient (Wildman–Crippen LogP) is -0.608. The molecule has 1 aliphatic carbocycles. The minimum atomic E-state index is -0.745. The van der Waals surface area contributed by atoms with Gasteiger partial charge < -0.3 is 30.0 Å². The number of rotatable bonds is 7. The van der Waals surface area contributed by atoms with Crippen LogP contribution >= 0.6 is 0 Å². The van der Waals surface area contributed by atoms with Gasteiger partial charge in [0.25, 0.3) is 12.4 Å². The normalized spacial score (nSPS) is 23.9. The molecule has 11 nitrogen and oxygen atoms in total. The van der Waals surface area contributed by atoms with Crippen LogP contribution < -0.4 is 10.6 Å². The number of aliphatic hydroxyl groups is 1. The monoisotopic (exact) mass is 426 g/mol. The number of aryl methyl sites for hydroxylation is 1. The molecule has 0 spiro atoms. The topological polar surface area (TPSA) is 154 Å². The Bertz CT molecular complexity index is 690. The van der Waals surface area contributed by atoms with Crippen LogP contribution in [0.2, 0.25) is 0 Å². The number of ether oxygens (including phenoxy) is 1. The molecule has 1 saturated carbocycles. The molecule has 0 radical (unpaired) electrons. The van der Waals surface area contributed by atoms with Crippen LogP contribution in [0.5, 0.6) is 0 Å². The van der Waals surface area contributed by atoms with E-state index in [2.05, 4.69) is 20.5 Å². The van der Waals surface area contributed by atoms with Gasteiger partial charge in [0, 0.05) is 25.6 Å². The first-order valence-electron chi connectivity index (χ1n) is 10.0. The van der Waals surface area contributed by atoms with E-state index >= 15 is 0 Å². The molecule has 2 aliphatic rings. The molecule has 4 N–H and O–H groups in total. The van der Waals surface area contributed by atoms with Crippen molar-refractivity contribution in [3.63, 3.8) is 0 Å². The number of carbonyl (C=O) groups excluding carboxylic acids is 2. The highest BCUT2D eigenvalue weighted by Crippen LogP contribution is 2.26. The quantitative estimate of drug-likeness (QED) is 0.330. The Kier molecular flexibility index (Phi) is 9.71. The maximum Gasteiger partial charge on any atom is 0.290 e. The van der Waals surface area contributed by atoms with Gasteiger partial charge in [-0.05, 0) is 32.7 Å². The number of hydrogen-bond acceptors (Lipinski definition) is 8. The van der Waals surface area contributed by atoms with Crippen molar-refractivity contribution in [3.05, 3.63) is 17.8 Å². The minimum Gasteiger partial charge on any atom is -0.483 e. The Morgan fingerprint density at radius 2 is 2.03 bits per heavy atom. The first-order chi connectivity index (χ1) is 14.5. The van der Waals surface area contributed by atoms with Gasteiger partial charge in [0.05, 0.1) is 25.4 Å². The zero-order valence-corrected chi connectivity index (χ0v) is 17.1. The second-order valence-electron chi connectivity index (χ2n) is 7.28. The van der Waals surface area contributed by atoms with E-state index in [-0.39, 0.29) is 24.0 Å². The Morgan fingerprint density at radius 3 is 2.67 bits per heavy atom. The third kappa shape index (κ3) is 7.08. The van der Waals surface area contributed by atoms with Crippen molar-refractivity contribution in [2.45, 2.75) is 38.3 Å². The third-order valence-corrected chi connectivity index (χ3v) is 5.23. The summed E-state index contributed by atoms with van der Waals surface area (Å²) in [5.74, 6) is -0.330. The highest BCUT2D eigenvalue weighted by Gasteiger charge is 2.38. The lowest BCUT2D eigenvalue weighted by Crippen LogP contribution is -2.40. The highest BCUT2D eigenvalue weighted by molar-refractivity contribution is 5.93. The van der Waals surface area contributed by atoms with E-state index in [1.54, 1.807) is 6.92 Å². The molecule has 2 amide bonds. The molecule has 0 aromatic carbocycles. The van der Waals surface area contributed by atoms with Crippen molar-refractivity contribution in [2.75, 3.05) is 39.4 Å². The maximum atomic E-state index is 12.4. The molecular weight excluding hydrogens is 396 g/mol. The van der Waals surface area contributed by atoms with E-state index in [1.807, 2.05) is 0 Å². The van der Waals surface area contributed by atoms with Crippen molar-refractivity contribution in [3.8, 4) is 0 Å². The first kappa shape index (κ1) is 23.8. The second kappa shape index (κ2) is 12.3. The number of nitrogens with zero attached hydrogens (tertiary/aromatic N) is 2. The summed E-state index contributed by atoms with van der Waals surface area (Å²) in [6.45, 7) is 6.37. The van der Waals surface area contributed by atoms with Gasteiger partial charge in [0.2, 0.25) is 5.91 Å². The van der Waals surface area contributed by atoms with Crippen LogP contribution in [-0.2, 0) is 14.3 Å². The van der Waals surface area contributed by atoms with Crippen LogP contribution in [0.4, 0.5) is 0 Å². The molecule has 3 rings (SSSR count). The molecule has 1 saturated heterocycles. The number of carbonyl (C=O) groups is 3.